The second-order valence-electron chi connectivity index (χ2n) is 6.20. The number of nitrogens with one attached hydrogen (secondary N) is 1. The molecule has 1 fully saturated rings. The first-order valence-electron chi connectivity index (χ1n) is 8.02. The summed E-state index contributed by atoms with van der Waals surface area (Å²) in [6.07, 6.45) is 3.47. The third-order valence-electron chi connectivity index (χ3n) is 4.26. The van der Waals surface area contributed by atoms with Gasteiger partial charge < -0.3 is 14.4 Å². The van der Waals surface area contributed by atoms with Crippen LogP contribution in [0.25, 0.3) is 11.5 Å². The Bertz CT molecular complexity index is 879. The van der Waals surface area contributed by atoms with E-state index in [-0.39, 0.29) is 24.2 Å². The number of halogens is 1. The molecule has 0 aromatic carbocycles. The fourth-order valence-electron chi connectivity index (χ4n) is 2.80. The van der Waals surface area contributed by atoms with Crippen molar-refractivity contribution >= 4 is 28.1 Å². The van der Waals surface area contributed by atoms with Crippen LogP contribution in [0, 0.1) is 12.8 Å². The van der Waals surface area contributed by atoms with Crippen LogP contribution in [0.3, 0.4) is 0 Å². The fraction of sp³-hybridized carbons (Fsp3) is 0.533. The predicted octanol–water partition coefficient (Wildman–Crippen LogP) is 1.01. The summed E-state index contributed by atoms with van der Waals surface area (Å²) in [5, 5.41) is 14.5. The van der Waals surface area contributed by atoms with Crippen molar-refractivity contribution in [2.24, 2.45) is 5.92 Å². The summed E-state index contributed by atoms with van der Waals surface area (Å²) in [7, 11) is -0.242. The quantitative estimate of drug-likeness (QED) is 0.691. The highest BCUT2D eigenvalue weighted by molar-refractivity contribution is 7.89. The molecule has 10 nitrogen and oxygen atoms in total. The summed E-state index contributed by atoms with van der Waals surface area (Å²) in [6, 6.07) is -0.134. The van der Waals surface area contributed by atoms with E-state index in [9.17, 15) is 8.42 Å². The van der Waals surface area contributed by atoms with Crippen LogP contribution in [-0.2, 0) is 19.6 Å². The Morgan fingerprint density at radius 2 is 2.15 bits per heavy atom. The van der Waals surface area contributed by atoms with Crippen molar-refractivity contribution in [2.45, 2.75) is 13.0 Å². The van der Waals surface area contributed by atoms with Crippen LogP contribution in [0.1, 0.15) is 11.7 Å². The van der Waals surface area contributed by atoms with Gasteiger partial charge in [-0.05, 0) is 6.92 Å². The maximum atomic E-state index is 12.2. The Labute approximate surface area is 162 Å². The van der Waals surface area contributed by atoms with E-state index >= 15 is 0 Å². The van der Waals surface area contributed by atoms with E-state index in [1.807, 2.05) is 17.7 Å². The summed E-state index contributed by atoms with van der Waals surface area (Å²) in [5.41, 5.74) is 1.32. The molecule has 0 aliphatic carbocycles. The van der Waals surface area contributed by atoms with Crippen LogP contribution in [0.2, 0.25) is 5.02 Å². The Balaban J connectivity index is 0.000000817. The molecule has 0 unspecified atom stereocenters. The minimum Gasteiger partial charge on any atom is -0.483 e. The van der Waals surface area contributed by atoms with Gasteiger partial charge in [0.15, 0.2) is 5.82 Å². The lowest BCUT2D eigenvalue weighted by Crippen LogP contribution is -2.32. The van der Waals surface area contributed by atoms with Gasteiger partial charge in [0.05, 0.1) is 35.7 Å². The molecule has 2 atom stereocenters. The molecule has 1 saturated heterocycles. The molecule has 27 heavy (non-hydrogen) atoms. The number of ether oxygens (including phenoxy) is 1. The molecule has 0 radical (unpaired) electrons. The van der Waals surface area contributed by atoms with Crippen LogP contribution in [0.5, 0.6) is 0 Å². The highest BCUT2D eigenvalue weighted by Gasteiger charge is 2.35. The van der Waals surface area contributed by atoms with E-state index in [4.69, 9.17) is 26.2 Å². The number of carbonyl (C=O) groups is 1. The van der Waals surface area contributed by atoms with Gasteiger partial charge >= 0.3 is 0 Å². The molecule has 1 aliphatic rings. The van der Waals surface area contributed by atoms with Crippen molar-refractivity contribution in [3.8, 4) is 11.5 Å². The number of rotatable bonds is 5. The first-order valence-corrected chi connectivity index (χ1v) is 10.0. The molecule has 0 amide bonds. The smallest absolute Gasteiger partial charge is 0.290 e. The molecule has 12 heteroatoms. The van der Waals surface area contributed by atoms with Gasteiger partial charge in [0.1, 0.15) is 5.69 Å². The monoisotopic (exact) mass is 419 g/mol. The first kappa shape index (κ1) is 21.4. The molecule has 0 spiro atoms. The van der Waals surface area contributed by atoms with Crippen molar-refractivity contribution in [1.29, 1.82) is 0 Å². The number of nitrogens with zero attached hydrogens (tertiary/aromatic N) is 4. The molecule has 0 saturated carbocycles. The minimum atomic E-state index is -3.32. The zero-order chi connectivity index (χ0) is 20.2. The second-order valence-corrected chi connectivity index (χ2v) is 8.81. The zero-order valence-electron chi connectivity index (χ0n) is 15.2. The Morgan fingerprint density at radius 3 is 2.70 bits per heavy atom. The van der Waals surface area contributed by atoms with Crippen molar-refractivity contribution < 1.29 is 23.1 Å². The topological polar surface area (TPSA) is 130 Å². The summed E-state index contributed by atoms with van der Waals surface area (Å²) in [5.74, 6) is 0.464. The maximum absolute atomic E-state index is 12.2. The molecule has 2 aromatic rings. The number of H-pyrrole nitrogens is 1. The molecule has 2 N–H and O–H groups in total. The summed E-state index contributed by atoms with van der Waals surface area (Å²) in [4.78, 5) is 12.7. The lowest BCUT2D eigenvalue weighted by Gasteiger charge is -2.22. The van der Waals surface area contributed by atoms with Crippen LogP contribution >= 0.6 is 11.6 Å². The van der Waals surface area contributed by atoms with Crippen molar-refractivity contribution in [3.05, 3.63) is 23.1 Å². The summed E-state index contributed by atoms with van der Waals surface area (Å²) in [6.45, 7) is 2.40. The molecular formula is C15H22ClN5O5S. The number of carboxylic acid groups (broad SMARTS) is 1. The van der Waals surface area contributed by atoms with E-state index in [1.165, 1.54) is 18.4 Å². The molecule has 0 bridgehead atoms. The van der Waals surface area contributed by atoms with E-state index in [1.54, 1.807) is 6.20 Å². The summed E-state index contributed by atoms with van der Waals surface area (Å²) >= 11 is 6.28. The molecule has 3 heterocycles. The number of hydrogen-bond donors (Lipinski definition) is 2. The molecule has 1 aliphatic heterocycles. The van der Waals surface area contributed by atoms with Gasteiger partial charge in [0.25, 0.3) is 6.47 Å². The van der Waals surface area contributed by atoms with Gasteiger partial charge in [0, 0.05) is 32.4 Å². The number of imidazole rings is 1. The average Bonchev–Trinajstić information content (AvgIpc) is 3.29. The molecule has 150 valence electrons. The van der Waals surface area contributed by atoms with Crippen LogP contribution in [0.4, 0.5) is 0 Å². The van der Waals surface area contributed by atoms with Crippen molar-refractivity contribution in [2.75, 3.05) is 33.1 Å². The lowest BCUT2D eigenvalue weighted by atomic mass is 10.1. The fourth-order valence-corrected chi connectivity index (χ4v) is 4.13. The Hall–Kier alpha value is -1.95. The standard InChI is InChI=1S/C14H20ClN5O3S.CH2O2/c1-9-12(15)13(18-17-9)14-16-4-5-20(14)11-7-23-6-10(11)8-24(21,22)19(2)3;2-1-3/h4-5,10-11H,6-8H2,1-3H3,(H,17,18);1H,(H,2,3)/t10-,11+;/m0./s1. The average molecular weight is 420 g/mol. The van der Waals surface area contributed by atoms with E-state index in [0.29, 0.717) is 29.8 Å². The first-order chi connectivity index (χ1) is 12.7. The Kier molecular flexibility index (Phi) is 6.98. The number of aromatic nitrogens is 4. The SMILES string of the molecule is Cc1[nH]nc(-c2nccn2[C@@H]2COC[C@H]2CS(=O)(=O)N(C)C)c1Cl.O=CO. The minimum absolute atomic E-state index is 0.0234. The van der Waals surface area contributed by atoms with Crippen LogP contribution < -0.4 is 0 Å². The maximum Gasteiger partial charge on any atom is 0.290 e. The van der Waals surface area contributed by atoms with Gasteiger partial charge in [-0.1, -0.05) is 11.6 Å². The largest absolute Gasteiger partial charge is 0.483 e. The van der Waals surface area contributed by atoms with E-state index in [2.05, 4.69) is 15.2 Å². The molecular weight excluding hydrogens is 398 g/mol. The van der Waals surface area contributed by atoms with Crippen molar-refractivity contribution in [1.82, 2.24) is 24.1 Å². The van der Waals surface area contributed by atoms with Gasteiger partial charge in [-0.15, -0.1) is 0 Å². The normalized spacial score (nSPS) is 19.7. The third-order valence-corrected chi connectivity index (χ3v) is 6.68. The van der Waals surface area contributed by atoms with Gasteiger partial charge in [-0.3, -0.25) is 9.89 Å². The van der Waals surface area contributed by atoms with Crippen LogP contribution in [0.15, 0.2) is 12.4 Å². The highest BCUT2D eigenvalue weighted by Crippen LogP contribution is 2.33. The van der Waals surface area contributed by atoms with Crippen molar-refractivity contribution in [3.63, 3.8) is 0 Å². The molecule has 3 rings (SSSR count). The molecule has 2 aromatic heterocycles. The predicted molar refractivity (Wildman–Crippen MR) is 99.1 cm³/mol. The number of aryl methyl sites for hydroxylation is 1. The second kappa shape index (κ2) is 8.83. The number of hydrogen-bond acceptors (Lipinski definition) is 6. The summed E-state index contributed by atoms with van der Waals surface area (Å²) < 4.78 is 33.1. The number of aromatic amines is 1. The lowest BCUT2D eigenvalue weighted by molar-refractivity contribution is -0.122. The van der Waals surface area contributed by atoms with Crippen LogP contribution in [-0.4, -0.2) is 77.1 Å². The van der Waals surface area contributed by atoms with E-state index in [0.717, 1.165) is 5.69 Å². The zero-order valence-corrected chi connectivity index (χ0v) is 16.7. The Morgan fingerprint density at radius 1 is 1.48 bits per heavy atom. The van der Waals surface area contributed by atoms with E-state index < -0.39 is 10.0 Å². The highest BCUT2D eigenvalue weighted by atomic mass is 35.5. The van der Waals surface area contributed by atoms with Gasteiger partial charge in [-0.25, -0.2) is 17.7 Å². The van der Waals surface area contributed by atoms with Gasteiger partial charge in [-0.2, -0.15) is 5.10 Å². The third kappa shape index (κ3) is 4.67. The van der Waals surface area contributed by atoms with Gasteiger partial charge in [0.2, 0.25) is 10.0 Å². The number of sulfonamides is 1.